The van der Waals surface area contributed by atoms with E-state index in [2.05, 4.69) is 217 Å². The average molecular weight is 665 g/mol. The van der Waals surface area contributed by atoms with Crippen molar-refractivity contribution in [3.05, 3.63) is 228 Å². The van der Waals surface area contributed by atoms with Crippen LogP contribution in [0.1, 0.15) is 27.8 Å². The predicted molar refractivity (Wildman–Crippen MR) is 217 cm³/mol. The molecule has 0 fully saturated rings. The van der Waals surface area contributed by atoms with E-state index in [-0.39, 0.29) is 0 Å². The Morgan fingerprint density at radius 2 is 0.654 bits per heavy atom. The summed E-state index contributed by atoms with van der Waals surface area (Å²) in [6, 6.07) is 73.4. The molecule has 1 spiro atoms. The SMILES string of the molecule is Cc1ccc2c(c1)C1(c3ccccc3N(c3ccc(-c4ccccc4)cc3)c3ccccc31)c1ccccc1N2c1ccc(-c2ccccc2)cc1. The summed E-state index contributed by atoms with van der Waals surface area (Å²) < 4.78 is 0. The van der Waals surface area contributed by atoms with Gasteiger partial charge in [0.05, 0.1) is 28.2 Å². The minimum atomic E-state index is -0.550. The minimum absolute atomic E-state index is 0.550. The molecule has 2 nitrogen and oxygen atoms in total. The molecular weight excluding hydrogens is 629 g/mol. The van der Waals surface area contributed by atoms with Gasteiger partial charge in [-0.3, -0.25) is 0 Å². The van der Waals surface area contributed by atoms with Gasteiger partial charge in [0.25, 0.3) is 0 Å². The van der Waals surface area contributed by atoms with Crippen LogP contribution >= 0.6 is 0 Å². The van der Waals surface area contributed by atoms with Gasteiger partial charge in [0, 0.05) is 11.4 Å². The molecule has 2 aliphatic rings. The molecule has 8 aromatic carbocycles. The molecule has 0 unspecified atom stereocenters. The van der Waals surface area contributed by atoms with E-state index in [1.165, 1.54) is 72.8 Å². The van der Waals surface area contributed by atoms with Crippen LogP contribution in [0.2, 0.25) is 0 Å². The van der Waals surface area contributed by atoms with Gasteiger partial charge >= 0.3 is 0 Å². The standard InChI is InChI=1S/C50H36N2/c1-35-24-33-49-45(34-35)50(44-20-10-13-23-48(44)52(49)41-31-27-39(28-32-41)37-16-6-3-7-17-37)42-18-8-11-21-46(42)51(47-22-12-9-19-43(47)50)40-29-25-38(26-30-40)36-14-4-2-5-15-36/h2-34H,1H3. The minimum Gasteiger partial charge on any atom is -0.310 e. The molecule has 0 N–H and O–H groups in total. The van der Waals surface area contributed by atoms with E-state index in [1.54, 1.807) is 0 Å². The number of aryl methyl sites for hydroxylation is 1. The van der Waals surface area contributed by atoms with Crippen molar-refractivity contribution in [3.8, 4) is 22.3 Å². The molecule has 0 amide bonds. The molecule has 8 aromatic rings. The largest absolute Gasteiger partial charge is 0.310 e. The van der Waals surface area contributed by atoms with Crippen molar-refractivity contribution in [2.45, 2.75) is 12.3 Å². The van der Waals surface area contributed by atoms with E-state index in [9.17, 15) is 0 Å². The number of hydrogen-bond donors (Lipinski definition) is 0. The molecule has 0 aliphatic carbocycles. The fraction of sp³-hybridized carbons (Fsp3) is 0.0400. The Labute approximate surface area is 305 Å². The Balaban J connectivity index is 1.20. The van der Waals surface area contributed by atoms with Crippen LogP contribution in [0.3, 0.4) is 0 Å². The molecule has 0 radical (unpaired) electrons. The summed E-state index contributed by atoms with van der Waals surface area (Å²) in [4.78, 5) is 4.92. The average Bonchev–Trinajstić information content (AvgIpc) is 3.22. The van der Waals surface area contributed by atoms with Crippen LogP contribution in [0.25, 0.3) is 22.3 Å². The van der Waals surface area contributed by atoms with Crippen LogP contribution in [0.4, 0.5) is 34.1 Å². The van der Waals surface area contributed by atoms with E-state index in [0.29, 0.717) is 0 Å². The van der Waals surface area contributed by atoms with Crippen molar-refractivity contribution in [2.24, 2.45) is 0 Å². The third-order valence-electron chi connectivity index (χ3n) is 10.9. The van der Waals surface area contributed by atoms with Crippen LogP contribution in [0.15, 0.2) is 200 Å². The maximum Gasteiger partial charge on any atom is 0.0783 e. The van der Waals surface area contributed by atoms with Crippen LogP contribution < -0.4 is 9.80 Å². The van der Waals surface area contributed by atoms with Crippen molar-refractivity contribution < 1.29 is 0 Å². The van der Waals surface area contributed by atoms with Gasteiger partial charge in [-0.2, -0.15) is 0 Å². The number of fused-ring (bicyclic) bond motifs is 8. The zero-order chi connectivity index (χ0) is 34.6. The van der Waals surface area contributed by atoms with Crippen molar-refractivity contribution in [3.63, 3.8) is 0 Å². The highest BCUT2D eigenvalue weighted by molar-refractivity contribution is 5.96. The Morgan fingerprint density at radius 1 is 0.308 bits per heavy atom. The first-order valence-electron chi connectivity index (χ1n) is 18.0. The third-order valence-corrected chi connectivity index (χ3v) is 10.9. The second kappa shape index (κ2) is 12.0. The summed E-state index contributed by atoms with van der Waals surface area (Å²) in [6.45, 7) is 2.22. The second-order valence-electron chi connectivity index (χ2n) is 13.8. The van der Waals surface area contributed by atoms with Crippen molar-refractivity contribution in [2.75, 3.05) is 9.80 Å². The van der Waals surface area contributed by atoms with Gasteiger partial charge in [0.2, 0.25) is 0 Å². The van der Waals surface area contributed by atoms with Crippen molar-refractivity contribution in [1.82, 2.24) is 0 Å². The zero-order valence-corrected chi connectivity index (χ0v) is 28.9. The highest BCUT2D eigenvalue weighted by Crippen LogP contribution is 2.64. The lowest BCUT2D eigenvalue weighted by Crippen LogP contribution is -2.42. The lowest BCUT2D eigenvalue weighted by atomic mass is 9.60. The molecule has 52 heavy (non-hydrogen) atoms. The quantitative estimate of drug-likeness (QED) is 0.185. The highest BCUT2D eigenvalue weighted by Gasteiger charge is 2.51. The Kier molecular flexibility index (Phi) is 6.97. The maximum absolute atomic E-state index is 2.46. The maximum atomic E-state index is 2.46. The fourth-order valence-corrected chi connectivity index (χ4v) is 8.66. The third kappa shape index (κ3) is 4.51. The first-order valence-corrected chi connectivity index (χ1v) is 18.0. The van der Waals surface area contributed by atoms with Gasteiger partial charge in [-0.15, -0.1) is 0 Å². The smallest absolute Gasteiger partial charge is 0.0783 e. The highest BCUT2D eigenvalue weighted by atomic mass is 15.2. The van der Waals surface area contributed by atoms with Gasteiger partial charge in [-0.25, -0.2) is 0 Å². The summed E-state index contributed by atoms with van der Waals surface area (Å²) in [6.07, 6.45) is 0. The van der Waals surface area contributed by atoms with E-state index < -0.39 is 5.41 Å². The second-order valence-corrected chi connectivity index (χ2v) is 13.8. The van der Waals surface area contributed by atoms with Crippen molar-refractivity contribution >= 4 is 34.1 Å². The van der Waals surface area contributed by atoms with E-state index in [1.807, 2.05) is 0 Å². The first-order chi connectivity index (χ1) is 25.7. The summed E-state index contributed by atoms with van der Waals surface area (Å²) >= 11 is 0. The van der Waals surface area contributed by atoms with Crippen molar-refractivity contribution in [1.29, 1.82) is 0 Å². The summed E-state index contributed by atoms with van der Waals surface area (Å²) in [5.41, 5.74) is 17.7. The number of para-hydroxylation sites is 3. The molecule has 0 saturated heterocycles. The van der Waals surface area contributed by atoms with Crippen LogP contribution in [0.5, 0.6) is 0 Å². The summed E-state index contributed by atoms with van der Waals surface area (Å²) in [7, 11) is 0. The molecule has 246 valence electrons. The number of nitrogens with zero attached hydrogens (tertiary/aromatic N) is 2. The van der Waals surface area contributed by atoms with Gasteiger partial charge in [-0.1, -0.05) is 157 Å². The van der Waals surface area contributed by atoms with Crippen LogP contribution in [-0.2, 0) is 5.41 Å². The predicted octanol–water partition coefficient (Wildman–Crippen LogP) is 13.3. The molecule has 0 atom stereocenters. The monoisotopic (exact) mass is 664 g/mol. The number of rotatable bonds is 4. The van der Waals surface area contributed by atoms with Gasteiger partial charge in [0.1, 0.15) is 0 Å². The zero-order valence-electron chi connectivity index (χ0n) is 28.9. The summed E-state index contributed by atoms with van der Waals surface area (Å²) in [5, 5.41) is 0. The molecule has 0 bridgehead atoms. The van der Waals surface area contributed by atoms with E-state index in [4.69, 9.17) is 0 Å². The number of benzene rings is 8. The molecule has 0 saturated carbocycles. The topological polar surface area (TPSA) is 6.48 Å². The Morgan fingerprint density at radius 3 is 1.08 bits per heavy atom. The molecule has 0 aromatic heterocycles. The molecule has 2 heteroatoms. The number of anilines is 6. The number of hydrogen-bond acceptors (Lipinski definition) is 2. The lowest BCUT2D eigenvalue weighted by Gasteiger charge is -2.51. The Bertz CT molecular complexity index is 2470. The normalized spacial score (nSPS) is 13.6. The Hall–Kier alpha value is -6.64. The lowest BCUT2D eigenvalue weighted by molar-refractivity contribution is 0.718. The molecule has 10 rings (SSSR count). The molecule has 2 heterocycles. The van der Waals surface area contributed by atoms with Crippen LogP contribution in [-0.4, -0.2) is 0 Å². The van der Waals surface area contributed by atoms with E-state index in [0.717, 1.165) is 11.4 Å². The molecule has 2 aliphatic heterocycles. The summed E-state index contributed by atoms with van der Waals surface area (Å²) in [5.74, 6) is 0. The van der Waals surface area contributed by atoms with Crippen LogP contribution in [0, 0.1) is 6.92 Å². The van der Waals surface area contributed by atoms with Gasteiger partial charge < -0.3 is 9.80 Å². The van der Waals surface area contributed by atoms with Gasteiger partial charge in [0.15, 0.2) is 0 Å². The first kappa shape index (κ1) is 30.2. The van der Waals surface area contributed by atoms with Gasteiger partial charge in [-0.05, 0) is 100.0 Å². The van der Waals surface area contributed by atoms with E-state index >= 15 is 0 Å². The molecular formula is C50H36N2. The fourth-order valence-electron chi connectivity index (χ4n) is 8.66.